The van der Waals surface area contributed by atoms with Gasteiger partial charge in [0.05, 0.1) is 6.54 Å². The van der Waals surface area contributed by atoms with Crippen LogP contribution in [-0.4, -0.2) is 42.4 Å². The Morgan fingerprint density at radius 2 is 1.85 bits per heavy atom. The molecular weight excluding hydrogens is 254 g/mol. The van der Waals surface area contributed by atoms with Gasteiger partial charge in [0.15, 0.2) is 0 Å². The average molecular weight is 283 g/mol. The van der Waals surface area contributed by atoms with Gasteiger partial charge in [-0.15, -0.1) is 0 Å². The van der Waals surface area contributed by atoms with Crippen LogP contribution in [0.5, 0.6) is 0 Å². The molecule has 0 bridgehead atoms. The minimum Gasteiger partial charge on any atom is -0.354 e. The van der Waals surface area contributed by atoms with E-state index in [1.54, 1.807) is 7.05 Å². The zero-order valence-electron chi connectivity index (χ0n) is 13.1. The molecule has 1 rings (SSSR count). The number of rotatable bonds is 6. The number of hydrogen-bond acceptors (Lipinski definition) is 3. The molecule has 5 nitrogen and oxygen atoms in total. The Bertz CT molecular complexity index is 336. The molecule has 1 aliphatic carbocycles. The van der Waals surface area contributed by atoms with Crippen LogP contribution in [0.25, 0.3) is 0 Å². The number of hydrogen-bond donors (Lipinski definition) is 2. The summed E-state index contributed by atoms with van der Waals surface area (Å²) < 4.78 is 0. The van der Waals surface area contributed by atoms with Gasteiger partial charge in [0.25, 0.3) is 0 Å². The smallest absolute Gasteiger partial charge is 0.239 e. The second kappa shape index (κ2) is 7.62. The van der Waals surface area contributed by atoms with Crippen LogP contribution >= 0.6 is 0 Å². The van der Waals surface area contributed by atoms with Gasteiger partial charge in [0, 0.05) is 25.6 Å². The number of likely N-dealkylation sites (N-methyl/N-ethyl adjacent to an activating group) is 1. The molecular formula is C15H29N3O2. The molecule has 0 saturated heterocycles. The first kappa shape index (κ1) is 17.0. The van der Waals surface area contributed by atoms with Crippen molar-refractivity contribution < 1.29 is 9.59 Å². The number of carbonyl (C=O) groups is 2. The monoisotopic (exact) mass is 283 g/mol. The lowest BCUT2D eigenvalue weighted by Gasteiger charge is -2.34. The summed E-state index contributed by atoms with van der Waals surface area (Å²) in [5.41, 5.74) is 5.92. The van der Waals surface area contributed by atoms with Crippen LogP contribution in [0.15, 0.2) is 0 Å². The summed E-state index contributed by atoms with van der Waals surface area (Å²) >= 11 is 0. The fourth-order valence-corrected chi connectivity index (χ4v) is 2.55. The van der Waals surface area contributed by atoms with Crippen molar-refractivity contribution in [3.63, 3.8) is 0 Å². The zero-order valence-corrected chi connectivity index (χ0v) is 13.1. The highest BCUT2D eigenvalue weighted by Gasteiger charge is 2.31. The van der Waals surface area contributed by atoms with E-state index in [2.05, 4.69) is 5.32 Å². The first-order chi connectivity index (χ1) is 9.32. The van der Waals surface area contributed by atoms with Gasteiger partial charge in [0.2, 0.25) is 11.8 Å². The third-order valence-electron chi connectivity index (χ3n) is 3.87. The molecule has 5 heteroatoms. The van der Waals surface area contributed by atoms with Gasteiger partial charge >= 0.3 is 0 Å². The number of amides is 2. The molecule has 0 unspecified atom stereocenters. The van der Waals surface area contributed by atoms with Crippen molar-refractivity contribution in [1.82, 2.24) is 10.2 Å². The van der Waals surface area contributed by atoms with Crippen molar-refractivity contribution in [1.29, 1.82) is 0 Å². The SMILES string of the molecule is CC(C)CNC(=O)CN(C)C(=O)CC1(N)CCCCC1. The van der Waals surface area contributed by atoms with Crippen LogP contribution in [0.2, 0.25) is 0 Å². The predicted molar refractivity (Wildman–Crippen MR) is 80.1 cm³/mol. The van der Waals surface area contributed by atoms with Crippen LogP contribution in [0.1, 0.15) is 52.4 Å². The maximum absolute atomic E-state index is 12.2. The lowest BCUT2D eigenvalue weighted by Crippen LogP contribution is -2.48. The molecule has 1 fully saturated rings. The van der Waals surface area contributed by atoms with Crippen LogP contribution in [0.4, 0.5) is 0 Å². The fraction of sp³-hybridized carbons (Fsp3) is 0.867. The maximum Gasteiger partial charge on any atom is 0.239 e. The minimum absolute atomic E-state index is 0.0332. The van der Waals surface area contributed by atoms with E-state index in [0.717, 1.165) is 25.7 Å². The van der Waals surface area contributed by atoms with E-state index in [1.807, 2.05) is 13.8 Å². The summed E-state index contributed by atoms with van der Waals surface area (Å²) in [7, 11) is 1.67. The van der Waals surface area contributed by atoms with E-state index >= 15 is 0 Å². The topological polar surface area (TPSA) is 75.4 Å². The van der Waals surface area contributed by atoms with E-state index in [0.29, 0.717) is 18.9 Å². The molecule has 2 amide bonds. The molecule has 1 saturated carbocycles. The Balaban J connectivity index is 2.36. The van der Waals surface area contributed by atoms with Crippen molar-refractivity contribution >= 4 is 11.8 Å². The first-order valence-electron chi connectivity index (χ1n) is 7.62. The summed E-state index contributed by atoms with van der Waals surface area (Å²) in [6.45, 7) is 4.83. The van der Waals surface area contributed by atoms with Gasteiger partial charge in [-0.25, -0.2) is 0 Å². The van der Waals surface area contributed by atoms with E-state index in [1.165, 1.54) is 11.3 Å². The van der Waals surface area contributed by atoms with E-state index < -0.39 is 0 Å². The number of nitrogens with zero attached hydrogens (tertiary/aromatic N) is 1. The van der Waals surface area contributed by atoms with Gasteiger partial charge in [-0.3, -0.25) is 9.59 Å². The van der Waals surface area contributed by atoms with Gasteiger partial charge in [0.1, 0.15) is 0 Å². The van der Waals surface area contributed by atoms with Crippen molar-refractivity contribution in [2.45, 2.75) is 57.9 Å². The van der Waals surface area contributed by atoms with Gasteiger partial charge < -0.3 is 16.0 Å². The molecule has 0 radical (unpaired) electrons. The molecule has 0 aliphatic heterocycles. The quantitative estimate of drug-likeness (QED) is 0.771. The summed E-state index contributed by atoms with van der Waals surface area (Å²) in [4.78, 5) is 25.3. The maximum atomic E-state index is 12.2. The van der Waals surface area contributed by atoms with Crippen LogP contribution in [0, 0.1) is 5.92 Å². The Morgan fingerprint density at radius 1 is 1.25 bits per heavy atom. The highest BCUT2D eigenvalue weighted by Crippen LogP contribution is 2.28. The van der Waals surface area contributed by atoms with Gasteiger partial charge in [-0.05, 0) is 18.8 Å². The Morgan fingerprint density at radius 3 is 2.40 bits per heavy atom. The molecule has 3 N–H and O–H groups in total. The van der Waals surface area contributed by atoms with Crippen LogP contribution in [-0.2, 0) is 9.59 Å². The Labute approximate surface area is 122 Å². The van der Waals surface area contributed by atoms with Crippen molar-refractivity contribution in [2.24, 2.45) is 11.7 Å². The van der Waals surface area contributed by atoms with Gasteiger partial charge in [-0.1, -0.05) is 33.1 Å². The third kappa shape index (κ3) is 5.90. The normalized spacial score (nSPS) is 17.9. The average Bonchev–Trinajstić information content (AvgIpc) is 2.36. The molecule has 0 atom stereocenters. The highest BCUT2D eigenvalue weighted by atomic mass is 16.2. The molecule has 0 aromatic carbocycles. The standard InChI is InChI=1S/C15H29N3O2/c1-12(2)10-17-13(19)11-18(3)14(20)9-15(16)7-5-4-6-8-15/h12H,4-11,16H2,1-3H3,(H,17,19). The second-order valence-electron chi connectivity index (χ2n) is 6.55. The van der Waals surface area contributed by atoms with Crippen molar-refractivity contribution in [3.8, 4) is 0 Å². The van der Waals surface area contributed by atoms with Gasteiger partial charge in [-0.2, -0.15) is 0 Å². The third-order valence-corrected chi connectivity index (χ3v) is 3.87. The molecule has 0 spiro atoms. The van der Waals surface area contributed by atoms with Crippen molar-refractivity contribution in [2.75, 3.05) is 20.1 Å². The fourth-order valence-electron chi connectivity index (χ4n) is 2.55. The molecule has 0 aromatic heterocycles. The molecule has 0 heterocycles. The van der Waals surface area contributed by atoms with E-state index in [-0.39, 0.29) is 23.9 Å². The first-order valence-corrected chi connectivity index (χ1v) is 7.62. The number of nitrogens with two attached hydrogens (primary N) is 1. The number of nitrogens with one attached hydrogen (secondary N) is 1. The van der Waals surface area contributed by atoms with E-state index in [9.17, 15) is 9.59 Å². The lowest BCUT2D eigenvalue weighted by atomic mass is 9.80. The second-order valence-corrected chi connectivity index (χ2v) is 6.55. The van der Waals surface area contributed by atoms with Crippen LogP contribution in [0.3, 0.4) is 0 Å². The van der Waals surface area contributed by atoms with Crippen molar-refractivity contribution in [3.05, 3.63) is 0 Å². The predicted octanol–water partition coefficient (Wildman–Crippen LogP) is 1.27. The largest absolute Gasteiger partial charge is 0.354 e. The van der Waals surface area contributed by atoms with Crippen LogP contribution < -0.4 is 11.1 Å². The minimum atomic E-state index is -0.363. The summed E-state index contributed by atoms with van der Waals surface area (Å²) in [6, 6.07) is 0. The Kier molecular flexibility index (Phi) is 6.46. The lowest BCUT2D eigenvalue weighted by molar-refractivity contribution is -0.136. The molecule has 116 valence electrons. The molecule has 0 aromatic rings. The Hall–Kier alpha value is -1.10. The summed E-state index contributed by atoms with van der Waals surface area (Å²) in [5.74, 6) is 0.271. The summed E-state index contributed by atoms with van der Waals surface area (Å²) in [5, 5.41) is 2.82. The molecule has 20 heavy (non-hydrogen) atoms. The summed E-state index contributed by atoms with van der Waals surface area (Å²) in [6.07, 6.45) is 5.57. The van der Waals surface area contributed by atoms with E-state index in [4.69, 9.17) is 5.73 Å². The zero-order chi connectivity index (χ0) is 15.2. The number of carbonyl (C=O) groups excluding carboxylic acids is 2. The highest BCUT2D eigenvalue weighted by molar-refractivity contribution is 5.85. The molecule has 1 aliphatic rings.